The van der Waals surface area contributed by atoms with Crippen molar-refractivity contribution >= 4 is 12.0 Å². The van der Waals surface area contributed by atoms with Crippen LogP contribution < -0.4 is 0 Å². The van der Waals surface area contributed by atoms with Crippen molar-refractivity contribution in [2.75, 3.05) is 0 Å². The van der Waals surface area contributed by atoms with E-state index in [4.69, 9.17) is 0 Å². The Kier molecular flexibility index (Phi) is 5.08. The van der Waals surface area contributed by atoms with Crippen LogP contribution in [0, 0.1) is 5.82 Å². The minimum Gasteiger partial charge on any atom is -0.334 e. The Morgan fingerprint density at radius 2 is 1.61 bits per heavy atom. The largest absolute Gasteiger partial charge is 0.334 e. The van der Waals surface area contributed by atoms with E-state index in [1.165, 1.54) is 18.2 Å². The summed E-state index contributed by atoms with van der Waals surface area (Å²) in [7, 11) is 0. The van der Waals surface area contributed by atoms with Gasteiger partial charge in [-0.3, -0.25) is 4.79 Å². The molecule has 0 aliphatic rings. The third-order valence-corrected chi connectivity index (χ3v) is 2.66. The molecule has 0 spiro atoms. The van der Waals surface area contributed by atoms with Crippen molar-refractivity contribution < 1.29 is 9.18 Å². The second kappa shape index (κ2) is 6.34. The number of nitrogens with zero attached hydrogens (tertiary/aromatic N) is 1. The first-order valence-corrected chi connectivity index (χ1v) is 6.17. The van der Waals surface area contributed by atoms with Gasteiger partial charge in [0.2, 0.25) is 5.91 Å². The number of halogens is 1. The maximum absolute atomic E-state index is 12.7. The monoisotopic (exact) mass is 249 g/mol. The van der Waals surface area contributed by atoms with Crippen molar-refractivity contribution in [3.05, 3.63) is 41.7 Å². The molecule has 18 heavy (non-hydrogen) atoms. The van der Waals surface area contributed by atoms with Crippen LogP contribution in [0.5, 0.6) is 0 Å². The summed E-state index contributed by atoms with van der Waals surface area (Å²) in [4.78, 5) is 13.8. The van der Waals surface area contributed by atoms with E-state index in [1.54, 1.807) is 23.1 Å². The molecule has 0 aliphatic carbocycles. The molecular weight excluding hydrogens is 229 g/mol. The summed E-state index contributed by atoms with van der Waals surface area (Å²) in [6, 6.07) is 6.38. The van der Waals surface area contributed by atoms with Gasteiger partial charge in [0.05, 0.1) is 0 Å². The zero-order valence-electron chi connectivity index (χ0n) is 11.4. The van der Waals surface area contributed by atoms with Gasteiger partial charge in [0.25, 0.3) is 0 Å². The number of carbonyl (C=O) groups excluding carboxylic acids is 1. The smallest absolute Gasteiger partial charge is 0.247 e. The van der Waals surface area contributed by atoms with E-state index >= 15 is 0 Å². The van der Waals surface area contributed by atoms with Crippen LogP contribution in [0.2, 0.25) is 0 Å². The molecule has 1 amide bonds. The molecule has 1 rings (SSSR count). The highest BCUT2D eigenvalue weighted by atomic mass is 19.1. The Morgan fingerprint density at radius 3 is 2.06 bits per heavy atom. The van der Waals surface area contributed by atoms with E-state index in [9.17, 15) is 9.18 Å². The van der Waals surface area contributed by atoms with E-state index in [1.807, 2.05) is 27.7 Å². The van der Waals surface area contributed by atoms with Crippen molar-refractivity contribution in [1.82, 2.24) is 4.90 Å². The maximum Gasteiger partial charge on any atom is 0.247 e. The van der Waals surface area contributed by atoms with Crippen LogP contribution in [-0.4, -0.2) is 22.9 Å². The van der Waals surface area contributed by atoms with Gasteiger partial charge in [0, 0.05) is 18.2 Å². The number of benzene rings is 1. The molecule has 0 aromatic heterocycles. The summed E-state index contributed by atoms with van der Waals surface area (Å²) in [5, 5.41) is 0. The number of hydrogen-bond donors (Lipinski definition) is 0. The highest BCUT2D eigenvalue weighted by molar-refractivity contribution is 5.92. The van der Waals surface area contributed by atoms with Gasteiger partial charge < -0.3 is 4.90 Å². The zero-order valence-corrected chi connectivity index (χ0v) is 11.4. The Bertz CT molecular complexity index is 413. The van der Waals surface area contributed by atoms with E-state index in [-0.39, 0.29) is 23.8 Å². The molecule has 1 aromatic carbocycles. The Labute approximate surface area is 108 Å². The molecule has 0 saturated carbocycles. The molecule has 0 radical (unpaired) electrons. The quantitative estimate of drug-likeness (QED) is 0.748. The average molecular weight is 249 g/mol. The van der Waals surface area contributed by atoms with Crippen molar-refractivity contribution in [2.24, 2.45) is 0 Å². The molecule has 0 aliphatic heterocycles. The molecule has 98 valence electrons. The fraction of sp³-hybridized carbons (Fsp3) is 0.400. The predicted octanol–water partition coefficient (Wildman–Crippen LogP) is 3.48. The third kappa shape index (κ3) is 3.99. The fourth-order valence-electron chi connectivity index (χ4n) is 1.93. The SMILES string of the molecule is CC(C)N(C(=O)C=Cc1ccc(F)cc1)C(C)C. The highest BCUT2D eigenvalue weighted by Gasteiger charge is 2.17. The van der Waals surface area contributed by atoms with Crippen LogP contribution in [0.25, 0.3) is 6.08 Å². The van der Waals surface area contributed by atoms with Gasteiger partial charge in [0.1, 0.15) is 5.82 Å². The molecular formula is C15H20FNO. The summed E-state index contributed by atoms with van der Waals surface area (Å²) >= 11 is 0. The maximum atomic E-state index is 12.7. The molecule has 0 atom stereocenters. The number of carbonyl (C=O) groups is 1. The van der Waals surface area contributed by atoms with Crippen molar-refractivity contribution in [2.45, 2.75) is 39.8 Å². The number of rotatable bonds is 4. The van der Waals surface area contributed by atoms with Crippen LogP contribution in [0.3, 0.4) is 0 Å². The lowest BCUT2D eigenvalue weighted by molar-refractivity contribution is -0.129. The zero-order chi connectivity index (χ0) is 13.7. The Hall–Kier alpha value is -1.64. The molecule has 0 fully saturated rings. The van der Waals surface area contributed by atoms with E-state index in [0.717, 1.165) is 5.56 Å². The van der Waals surface area contributed by atoms with E-state index in [0.29, 0.717) is 0 Å². The third-order valence-electron chi connectivity index (χ3n) is 2.66. The van der Waals surface area contributed by atoms with Gasteiger partial charge in [-0.2, -0.15) is 0 Å². The van der Waals surface area contributed by atoms with Crippen LogP contribution in [0.1, 0.15) is 33.3 Å². The van der Waals surface area contributed by atoms with Gasteiger partial charge in [0.15, 0.2) is 0 Å². The Morgan fingerprint density at radius 1 is 1.11 bits per heavy atom. The molecule has 0 N–H and O–H groups in total. The molecule has 2 nitrogen and oxygen atoms in total. The van der Waals surface area contributed by atoms with Gasteiger partial charge in [-0.05, 0) is 51.5 Å². The van der Waals surface area contributed by atoms with Crippen LogP contribution in [0.15, 0.2) is 30.3 Å². The first-order valence-electron chi connectivity index (χ1n) is 6.17. The van der Waals surface area contributed by atoms with Crippen LogP contribution >= 0.6 is 0 Å². The number of amides is 1. The lowest BCUT2D eigenvalue weighted by Crippen LogP contribution is -2.41. The van der Waals surface area contributed by atoms with Crippen molar-refractivity contribution in [3.8, 4) is 0 Å². The Balaban J connectivity index is 2.77. The highest BCUT2D eigenvalue weighted by Crippen LogP contribution is 2.09. The standard InChI is InChI=1S/C15H20FNO/c1-11(2)17(12(3)4)15(18)10-7-13-5-8-14(16)9-6-13/h5-12H,1-4H3. The van der Waals surface area contributed by atoms with Crippen LogP contribution in [0.4, 0.5) is 4.39 Å². The summed E-state index contributed by atoms with van der Waals surface area (Å²) in [5.41, 5.74) is 0.817. The first kappa shape index (κ1) is 14.4. The minimum absolute atomic E-state index is 0.0238. The topological polar surface area (TPSA) is 20.3 Å². The van der Waals surface area contributed by atoms with Gasteiger partial charge in [-0.15, -0.1) is 0 Å². The lowest BCUT2D eigenvalue weighted by atomic mass is 10.2. The molecule has 0 unspecified atom stereocenters. The van der Waals surface area contributed by atoms with E-state index < -0.39 is 0 Å². The fourth-order valence-corrected chi connectivity index (χ4v) is 1.93. The summed E-state index contributed by atoms with van der Waals surface area (Å²) in [5.74, 6) is -0.297. The van der Waals surface area contributed by atoms with E-state index in [2.05, 4.69) is 0 Å². The molecule has 0 saturated heterocycles. The van der Waals surface area contributed by atoms with Gasteiger partial charge >= 0.3 is 0 Å². The predicted molar refractivity (Wildman–Crippen MR) is 72.6 cm³/mol. The van der Waals surface area contributed by atoms with Gasteiger partial charge in [-0.25, -0.2) is 4.39 Å². The molecule has 1 aromatic rings. The average Bonchev–Trinajstić information content (AvgIpc) is 2.27. The molecule has 3 heteroatoms. The van der Waals surface area contributed by atoms with Crippen molar-refractivity contribution in [3.63, 3.8) is 0 Å². The van der Waals surface area contributed by atoms with Gasteiger partial charge in [-0.1, -0.05) is 12.1 Å². The second-order valence-electron chi connectivity index (χ2n) is 4.82. The second-order valence-corrected chi connectivity index (χ2v) is 4.82. The first-order chi connectivity index (χ1) is 8.41. The minimum atomic E-state index is -0.274. The summed E-state index contributed by atoms with van der Waals surface area (Å²) in [6.45, 7) is 7.96. The normalized spacial score (nSPS) is 11.5. The summed E-state index contributed by atoms with van der Waals surface area (Å²) < 4.78 is 12.7. The van der Waals surface area contributed by atoms with Crippen molar-refractivity contribution in [1.29, 1.82) is 0 Å². The molecule has 0 heterocycles. The number of hydrogen-bond acceptors (Lipinski definition) is 1. The molecule has 0 bridgehead atoms. The van der Waals surface area contributed by atoms with Crippen LogP contribution in [-0.2, 0) is 4.79 Å². The summed E-state index contributed by atoms with van der Waals surface area (Å²) in [6.07, 6.45) is 3.24. The lowest BCUT2D eigenvalue weighted by Gasteiger charge is -2.29.